The van der Waals surface area contributed by atoms with Crippen molar-refractivity contribution in [3.05, 3.63) is 0 Å². The van der Waals surface area contributed by atoms with Gasteiger partial charge in [-0.2, -0.15) is 0 Å². The molecule has 108 valence electrons. The molecule has 2 rings (SSSR count). The fraction of sp³-hybridized carbons (Fsp3) is 0.867. The van der Waals surface area contributed by atoms with Crippen LogP contribution in [-0.2, 0) is 9.59 Å². The minimum absolute atomic E-state index is 0.0250. The van der Waals surface area contributed by atoms with Gasteiger partial charge in [-0.3, -0.25) is 9.59 Å². The molecule has 4 nitrogen and oxygen atoms in total. The zero-order valence-electron chi connectivity index (χ0n) is 12.3. The topological polar surface area (TPSA) is 57.6 Å². The smallest absolute Gasteiger partial charge is 0.307 e. The fourth-order valence-corrected chi connectivity index (χ4v) is 3.59. The van der Waals surface area contributed by atoms with Crippen molar-refractivity contribution in [2.45, 2.75) is 52.5 Å². The number of hydrogen-bond donors (Lipinski definition) is 1. The first kappa shape index (κ1) is 14.4. The van der Waals surface area contributed by atoms with Gasteiger partial charge in [-0.25, -0.2) is 0 Å². The molecule has 2 aliphatic carbocycles. The summed E-state index contributed by atoms with van der Waals surface area (Å²) in [4.78, 5) is 25.5. The van der Waals surface area contributed by atoms with E-state index >= 15 is 0 Å². The van der Waals surface area contributed by atoms with Gasteiger partial charge in [0.1, 0.15) is 0 Å². The summed E-state index contributed by atoms with van der Waals surface area (Å²) >= 11 is 0. The van der Waals surface area contributed by atoms with Crippen LogP contribution in [0.3, 0.4) is 0 Å². The van der Waals surface area contributed by atoms with Gasteiger partial charge >= 0.3 is 5.97 Å². The summed E-state index contributed by atoms with van der Waals surface area (Å²) < 4.78 is 0. The van der Waals surface area contributed by atoms with Gasteiger partial charge < -0.3 is 10.0 Å². The van der Waals surface area contributed by atoms with Crippen LogP contribution in [0, 0.1) is 23.2 Å². The standard InChI is InChI=1S/C15H25NO3/c1-9-5-7-10(8-6-9)16(4)13(17)11-12(14(18)19)15(11,2)3/h9-12H,5-8H2,1-4H3,(H,18,19)/t9?,10?,11-,12+/m1/s1. The summed E-state index contributed by atoms with van der Waals surface area (Å²) in [5.41, 5.74) is -0.390. The van der Waals surface area contributed by atoms with Crippen molar-refractivity contribution >= 4 is 11.9 Å². The van der Waals surface area contributed by atoms with E-state index < -0.39 is 11.9 Å². The third-order valence-electron chi connectivity index (χ3n) is 5.24. The minimum Gasteiger partial charge on any atom is -0.481 e. The lowest BCUT2D eigenvalue weighted by Gasteiger charge is -2.34. The van der Waals surface area contributed by atoms with E-state index in [4.69, 9.17) is 5.11 Å². The summed E-state index contributed by atoms with van der Waals surface area (Å²) in [5.74, 6) is -0.908. The Morgan fingerprint density at radius 3 is 2.05 bits per heavy atom. The normalized spacial score (nSPS) is 36.6. The second-order valence-electron chi connectivity index (χ2n) is 6.98. The molecule has 0 saturated heterocycles. The van der Waals surface area contributed by atoms with E-state index in [1.165, 1.54) is 12.8 Å². The minimum atomic E-state index is -0.839. The van der Waals surface area contributed by atoms with Gasteiger partial charge in [0.05, 0.1) is 11.8 Å². The molecule has 1 N–H and O–H groups in total. The number of aliphatic carboxylic acids is 1. The number of carbonyl (C=O) groups is 2. The predicted molar refractivity (Wildman–Crippen MR) is 72.6 cm³/mol. The molecule has 0 radical (unpaired) electrons. The van der Waals surface area contributed by atoms with Crippen LogP contribution in [-0.4, -0.2) is 35.0 Å². The van der Waals surface area contributed by atoms with Crippen molar-refractivity contribution in [3.63, 3.8) is 0 Å². The van der Waals surface area contributed by atoms with Gasteiger partial charge in [-0.15, -0.1) is 0 Å². The van der Waals surface area contributed by atoms with Gasteiger partial charge in [-0.1, -0.05) is 20.8 Å². The van der Waals surface area contributed by atoms with E-state index in [9.17, 15) is 9.59 Å². The molecule has 0 bridgehead atoms. The molecule has 2 saturated carbocycles. The van der Waals surface area contributed by atoms with Gasteiger partial charge in [0.2, 0.25) is 5.91 Å². The van der Waals surface area contributed by atoms with E-state index in [0.717, 1.165) is 18.8 Å². The molecule has 2 fully saturated rings. The highest BCUT2D eigenvalue weighted by Crippen LogP contribution is 2.59. The van der Waals surface area contributed by atoms with E-state index in [0.29, 0.717) is 6.04 Å². The van der Waals surface area contributed by atoms with Crippen molar-refractivity contribution in [3.8, 4) is 0 Å². The van der Waals surface area contributed by atoms with Crippen molar-refractivity contribution < 1.29 is 14.7 Å². The average Bonchev–Trinajstić information content (AvgIpc) is 2.91. The molecule has 0 aromatic rings. The number of nitrogens with zero attached hydrogens (tertiary/aromatic N) is 1. The van der Waals surface area contributed by atoms with Crippen LogP contribution in [0.2, 0.25) is 0 Å². The second kappa shape index (κ2) is 4.80. The van der Waals surface area contributed by atoms with Crippen molar-refractivity contribution in [2.24, 2.45) is 23.2 Å². The third-order valence-corrected chi connectivity index (χ3v) is 5.24. The Labute approximate surface area is 115 Å². The molecule has 0 heterocycles. The predicted octanol–water partition coefficient (Wildman–Crippen LogP) is 2.38. The summed E-state index contributed by atoms with van der Waals surface area (Å²) in [6.45, 7) is 6.01. The Kier molecular flexibility index (Phi) is 3.63. The number of rotatable bonds is 3. The van der Waals surface area contributed by atoms with E-state index in [2.05, 4.69) is 6.92 Å². The van der Waals surface area contributed by atoms with E-state index in [1.807, 2.05) is 25.8 Å². The van der Waals surface area contributed by atoms with Crippen LogP contribution in [0.4, 0.5) is 0 Å². The number of carbonyl (C=O) groups excluding carboxylic acids is 1. The lowest BCUT2D eigenvalue weighted by atomic mass is 9.86. The monoisotopic (exact) mass is 267 g/mol. The maximum Gasteiger partial charge on any atom is 0.307 e. The molecular weight excluding hydrogens is 242 g/mol. The Bertz CT molecular complexity index is 383. The third kappa shape index (κ3) is 2.49. The lowest BCUT2D eigenvalue weighted by molar-refractivity contribution is -0.142. The molecule has 1 amide bonds. The SMILES string of the molecule is CC1CCC(N(C)C(=O)[C@H]2[C@@H](C(=O)O)C2(C)C)CC1. The number of carboxylic acids is 1. The van der Waals surface area contributed by atoms with Crippen LogP contribution in [0.5, 0.6) is 0 Å². The highest BCUT2D eigenvalue weighted by Gasteiger charge is 2.66. The van der Waals surface area contributed by atoms with Gasteiger partial charge in [0.25, 0.3) is 0 Å². The quantitative estimate of drug-likeness (QED) is 0.854. The second-order valence-corrected chi connectivity index (χ2v) is 6.98. The van der Waals surface area contributed by atoms with Gasteiger partial charge in [-0.05, 0) is 37.0 Å². The molecule has 2 aliphatic rings. The van der Waals surface area contributed by atoms with E-state index in [-0.39, 0.29) is 17.2 Å². The Hall–Kier alpha value is -1.06. The molecule has 0 aliphatic heterocycles. The van der Waals surface area contributed by atoms with Crippen LogP contribution in [0.25, 0.3) is 0 Å². The van der Waals surface area contributed by atoms with Crippen LogP contribution < -0.4 is 0 Å². The van der Waals surface area contributed by atoms with Crippen LogP contribution >= 0.6 is 0 Å². The Morgan fingerprint density at radius 1 is 1.11 bits per heavy atom. The molecule has 0 aromatic heterocycles. The maximum absolute atomic E-state index is 12.5. The van der Waals surface area contributed by atoms with Crippen LogP contribution in [0.15, 0.2) is 0 Å². The Morgan fingerprint density at radius 2 is 1.63 bits per heavy atom. The largest absolute Gasteiger partial charge is 0.481 e. The highest BCUT2D eigenvalue weighted by molar-refractivity contribution is 5.91. The molecule has 2 atom stereocenters. The number of amides is 1. The Balaban J connectivity index is 1.99. The maximum atomic E-state index is 12.5. The fourth-order valence-electron chi connectivity index (χ4n) is 3.59. The molecule has 4 heteroatoms. The summed E-state index contributed by atoms with van der Waals surface area (Å²) in [7, 11) is 1.84. The molecule has 19 heavy (non-hydrogen) atoms. The first-order valence-electron chi connectivity index (χ1n) is 7.26. The van der Waals surface area contributed by atoms with Crippen molar-refractivity contribution in [1.29, 1.82) is 0 Å². The molecular formula is C15H25NO3. The van der Waals surface area contributed by atoms with Gasteiger partial charge in [0, 0.05) is 13.1 Å². The zero-order chi connectivity index (χ0) is 14.4. The zero-order valence-corrected chi connectivity index (χ0v) is 12.3. The first-order chi connectivity index (χ1) is 8.76. The highest BCUT2D eigenvalue weighted by atomic mass is 16.4. The summed E-state index contributed by atoms with van der Waals surface area (Å²) in [6, 6.07) is 0.301. The van der Waals surface area contributed by atoms with E-state index in [1.54, 1.807) is 0 Å². The van der Waals surface area contributed by atoms with Crippen molar-refractivity contribution in [1.82, 2.24) is 4.90 Å². The number of hydrogen-bond acceptors (Lipinski definition) is 2. The summed E-state index contributed by atoms with van der Waals surface area (Å²) in [5, 5.41) is 9.16. The van der Waals surface area contributed by atoms with Crippen molar-refractivity contribution in [2.75, 3.05) is 7.05 Å². The lowest BCUT2D eigenvalue weighted by Crippen LogP contribution is -2.41. The van der Waals surface area contributed by atoms with Crippen LogP contribution in [0.1, 0.15) is 46.5 Å². The molecule has 0 aromatic carbocycles. The number of carboxylic acid groups (broad SMARTS) is 1. The average molecular weight is 267 g/mol. The molecule has 0 spiro atoms. The molecule has 0 unspecified atom stereocenters. The van der Waals surface area contributed by atoms with Gasteiger partial charge in [0.15, 0.2) is 0 Å². The summed E-state index contributed by atoms with van der Waals surface area (Å²) in [6.07, 6.45) is 4.43. The first-order valence-corrected chi connectivity index (χ1v) is 7.26.